The summed E-state index contributed by atoms with van der Waals surface area (Å²) >= 11 is 5.94. The van der Waals surface area contributed by atoms with Crippen molar-refractivity contribution in [3.8, 4) is 22.8 Å². The van der Waals surface area contributed by atoms with Gasteiger partial charge in [-0.15, -0.1) is 0 Å². The number of aromatic nitrogens is 3. The molecule has 4 nitrogen and oxygen atoms in total. The molecule has 0 atom stereocenters. The molecule has 0 radical (unpaired) electrons. The van der Waals surface area contributed by atoms with Crippen LogP contribution in [0.4, 0.5) is 10.2 Å². The Balaban J connectivity index is 1.69. The molecule has 0 aliphatic rings. The van der Waals surface area contributed by atoms with Crippen LogP contribution in [0.1, 0.15) is 5.56 Å². The second-order valence-corrected chi connectivity index (χ2v) is 6.60. The van der Waals surface area contributed by atoms with Gasteiger partial charge in [-0.2, -0.15) is 0 Å². The highest BCUT2D eigenvalue weighted by Gasteiger charge is 2.10. The van der Waals surface area contributed by atoms with Gasteiger partial charge in [0.1, 0.15) is 17.3 Å². The Morgan fingerprint density at radius 1 is 0.857 bits per heavy atom. The summed E-state index contributed by atoms with van der Waals surface area (Å²) in [4.78, 5) is 13.6. The maximum absolute atomic E-state index is 13.3. The van der Waals surface area contributed by atoms with Gasteiger partial charge in [0.2, 0.25) is 0 Å². The Hall–Kier alpha value is -3.31. The maximum atomic E-state index is 13.3. The molecule has 1 N–H and O–H groups in total. The highest BCUT2D eigenvalue weighted by Crippen LogP contribution is 2.24. The van der Waals surface area contributed by atoms with Gasteiger partial charge in [-0.1, -0.05) is 29.8 Å². The summed E-state index contributed by atoms with van der Waals surface area (Å²) in [7, 11) is 0. The second kappa shape index (κ2) is 8.15. The van der Waals surface area contributed by atoms with E-state index < -0.39 is 0 Å². The fourth-order valence-corrected chi connectivity index (χ4v) is 2.84. The van der Waals surface area contributed by atoms with Crippen LogP contribution in [0.2, 0.25) is 5.02 Å². The van der Waals surface area contributed by atoms with Crippen LogP contribution in [0, 0.1) is 5.82 Å². The summed E-state index contributed by atoms with van der Waals surface area (Å²) in [6, 6.07) is 21.3. The molecule has 6 heteroatoms. The SMILES string of the molecule is Fc1ccc(-c2cc(NCc3ccc(Cl)cc3)nc(-c3ccccn3)n2)cc1. The maximum Gasteiger partial charge on any atom is 0.180 e. The first kappa shape index (κ1) is 18.1. The van der Waals surface area contributed by atoms with E-state index in [9.17, 15) is 4.39 Å². The van der Waals surface area contributed by atoms with Crippen LogP contribution in [-0.2, 0) is 6.54 Å². The average Bonchev–Trinajstić information content (AvgIpc) is 2.74. The minimum atomic E-state index is -0.288. The first-order valence-electron chi connectivity index (χ1n) is 8.72. The molecule has 2 heterocycles. The summed E-state index contributed by atoms with van der Waals surface area (Å²) in [5.74, 6) is 0.870. The minimum Gasteiger partial charge on any atom is -0.366 e. The zero-order valence-corrected chi connectivity index (χ0v) is 15.6. The molecule has 0 fully saturated rings. The fourth-order valence-electron chi connectivity index (χ4n) is 2.71. The van der Waals surface area contributed by atoms with Crippen molar-refractivity contribution >= 4 is 17.4 Å². The summed E-state index contributed by atoms with van der Waals surface area (Å²) in [6.07, 6.45) is 1.70. The molecule has 0 spiro atoms. The molecule has 2 aromatic heterocycles. The van der Waals surface area contributed by atoms with Crippen molar-refractivity contribution in [1.82, 2.24) is 15.0 Å². The van der Waals surface area contributed by atoms with Gasteiger partial charge in [-0.05, 0) is 54.1 Å². The molecule has 4 rings (SSSR count). The van der Waals surface area contributed by atoms with Gasteiger partial charge in [-0.25, -0.2) is 14.4 Å². The number of pyridine rings is 1. The van der Waals surface area contributed by atoms with Crippen molar-refractivity contribution < 1.29 is 4.39 Å². The monoisotopic (exact) mass is 390 g/mol. The highest BCUT2D eigenvalue weighted by atomic mass is 35.5. The quantitative estimate of drug-likeness (QED) is 0.481. The van der Waals surface area contributed by atoms with Crippen molar-refractivity contribution in [2.24, 2.45) is 0 Å². The number of halogens is 2. The van der Waals surface area contributed by atoms with Gasteiger partial charge < -0.3 is 5.32 Å². The van der Waals surface area contributed by atoms with Gasteiger partial charge in [0.25, 0.3) is 0 Å². The molecule has 0 bridgehead atoms. The van der Waals surface area contributed by atoms with E-state index in [1.54, 1.807) is 18.3 Å². The van der Waals surface area contributed by atoms with Crippen LogP contribution in [0.3, 0.4) is 0 Å². The molecule has 0 saturated carbocycles. The first-order chi connectivity index (χ1) is 13.7. The second-order valence-electron chi connectivity index (χ2n) is 6.16. The topological polar surface area (TPSA) is 50.7 Å². The van der Waals surface area contributed by atoms with E-state index in [1.165, 1.54) is 12.1 Å². The van der Waals surface area contributed by atoms with E-state index in [4.69, 9.17) is 11.6 Å². The molecule has 0 aliphatic heterocycles. The zero-order valence-electron chi connectivity index (χ0n) is 14.8. The van der Waals surface area contributed by atoms with Crippen LogP contribution in [-0.4, -0.2) is 15.0 Å². The molecule has 138 valence electrons. The van der Waals surface area contributed by atoms with Crippen molar-refractivity contribution in [3.05, 3.63) is 95.4 Å². The number of hydrogen-bond donors (Lipinski definition) is 1. The molecule has 0 amide bonds. The Bertz CT molecular complexity index is 1070. The van der Waals surface area contributed by atoms with Gasteiger partial charge in [0.15, 0.2) is 5.82 Å². The van der Waals surface area contributed by atoms with Crippen LogP contribution in [0.15, 0.2) is 79.0 Å². The van der Waals surface area contributed by atoms with Crippen LogP contribution < -0.4 is 5.32 Å². The van der Waals surface area contributed by atoms with E-state index in [1.807, 2.05) is 48.5 Å². The molecular weight excluding hydrogens is 375 g/mol. The first-order valence-corrected chi connectivity index (χ1v) is 9.10. The Labute approximate surface area is 167 Å². The number of nitrogens with one attached hydrogen (secondary N) is 1. The largest absolute Gasteiger partial charge is 0.366 e. The van der Waals surface area contributed by atoms with Crippen molar-refractivity contribution in [1.29, 1.82) is 0 Å². The summed E-state index contributed by atoms with van der Waals surface area (Å²) in [5, 5.41) is 4.01. The average molecular weight is 391 g/mol. The predicted molar refractivity (Wildman–Crippen MR) is 109 cm³/mol. The van der Waals surface area contributed by atoms with E-state index in [0.29, 0.717) is 34.6 Å². The van der Waals surface area contributed by atoms with Crippen molar-refractivity contribution in [2.45, 2.75) is 6.54 Å². The minimum absolute atomic E-state index is 0.288. The molecule has 2 aromatic carbocycles. The third kappa shape index (κ3) is 4.32. The Kier molecular flexibility index (Phi) is 5.26. The molecule has 0 unspecified atom stereocenters. The third-order valence-corrected chi connectivity index (χ3v) is 4.40. The number of rotatable bonds is 5. The summed E-state index contributed by atoms with van der Waals surface area (Å²) in [6.45, 7) is 0.582. The van der Waals surface area contributed by atoms with Gasteiger partial charge >= 0.3 is 0 Å². The van der Waals surface area contributed by atoms with Gasteiger partial charge in [0, 0.05) is 29.4 Å². The molecule has 4 aromatic rings. The van der Waals surface area contributed by atoms with E-state index in [2.05, 4.69) is 20.3 Å². The Morgan fingerprint density at radius 2 is 1.64 bits per heavy atom. The van der Waals surface area contributed by atoms with E-state index >= 15 is 0 Å². The van der Waals surface area contributed by atoms with Crippen LogP contribution in [0.25, 0.3) is 22.8 Å². The lowest BCUT2D eigenvalue weighted by Gasteiger charge is -2.10. The molecule has 0 aliphatic carbocycles. The van der Waals surface area contributed by atoms with E-state index in [-0.39, 0.29) is 5.82 Å². The van der Waals surface area contributed by atoms with Gasteiger partial charge in [-0.3, -0.25) is 4.98 Å². The zero-order chi connectivity index (χ0) is 19.3. The normalized spacial score (nSPS) is 10.6. The van der Waals surface area contributed by atoms with Crippen molar-refractivity contribution in [3.63, 3.8) is 0 Å². The number of hydrogen-bond acceptors (Lipinski definition) is 4. The third-order valence-electron chi connectivity index (χ3n) is 4.15. The van der Waals surface area contributed by atoms with Crippen LogP contribution >= 0.6 is 11.6 Å². The number of benzene rings is 2. The van der Waals surface area contributed by atoms with Crippen molar-refractivity contribution in [2.75, 3.05) is 5.32 Å². The summed E-state index contributed by atoms with van der Waals surface area (Å²) in [5.41, 5.74) is 3.23. The van der Waals surface area contributed by atoms with Crippen LogP contribution in [0.5, 0.6) is 0 Å². The predicted octanol–water partition coefficient (Wildman–Crippen LogP) is 5.61. The smallest absolute Gasteiger partial charge is 0.180 e. The molecular formula is C22H16ClFN4. The lowest BCUT2D eigenvalue weighted by atomic mass is 10.1. The lowest BCUT2D eigenvalue weighted by Crippen LogP contribution is -2.04. The lowest BCUT2D eigenvalue weighted by molar-refractivity contribution is 0.628. The summed E-state index contributed by atoms with van der Waals surface area (Å²) < 4.78 is 13.3. The molecule has 0 saturated heterocycles. The Morgan fingerprint density at radius 3 is 2.36 bits per heavy atom. The van der Waals surface area contributed by atoms with E-state index in [0.717, 1.165) is 11.1 Å². The number of nitrogens with zero attached hydrogens (tertiary/aromatic N) is 3. The fraction of sp³-hybridized carbons (Fsp3) is 0.0455. The highest BCUT2D eigenvalue weighted by molar-refractivity contribution is 6.30. The standard InChI is InChI=1S/C22H16ClFN4/c23-17-8-4-15(5-9-17)14-26-21-13-20(16-6-10-18(24)11-7-16)27-22(28-21)19-3-1-2-12-25-19/h1-13H,14H2,(H,26,27,28). The molecule has 28 heavy (non-hydrogen) atoms. The number of anilines is 1. The van der Waals surface area contributed by atoms with Gasteiger partial charge in [0.05, 0.1) is 5.69 Å².